The van der Waals surface area contributed by atoms with Crippen molar-refractivity contribution in [2.75, 3.05) is 0 Å². The van der Waals surface area contributed by atoms with E-state index in [0.29, 0.717) is 12.2 Å². The lowest BCUT2D eigenvalue weighted by Gasteiger charge is -2.06. The summed E-state index contributed by atoms with van der Waals surface area (Å²) < 4.78 is 5.83. The van der Waals surface area contributed by atoms with Gasteiger partial charge >= 0.3 is 0 Å². The van der Waals surface area contributed by atoms with Crippen LogP contribution < -0.4 is 4.74 Å². The van der Waals surface area contributed by atoms with E-state index < -0.39 is 0 Å². The highest BCUT2D eigenvalue weighted by atomic mass is 32.1. The number of benzene rings is 3. The van der Waals surface area contributed by atoms with Gasteiger partial charge in [-0.3, -0.25) is 0 Å². The van der Waals surface area contributed by atoms with Gasteiger partial charge in [-0.25, -0.2) is 4.98 Å². The molecule has 4 rings (SSSR count). The number of aryl methyl sites for hydroxylation is 1. The van der Waals surface area contributed by atoms with Gasteiger partial charge in [0.15, 0.2) is 0 Å². The summed E-state index contributed by atoms with van der Waals surface area (Å²) >= 11 is 1.48. The molecule has 1 aromatic heterocycles. The van der Waals surface area contributed by atoms with Crippen LogP contribution >= 0.6 is 11.3 Å². The average Bonchev–Trinajstić information content (AvgIpc) is 3.28. The van der Waals surface area contributed by atoms with Crippen molar-refractivity contribution in [3.63, 3.8) is 0 Å². The molecule has 4 heteroatoms. The molecule has 1 heterocycles. The van der Waals surface area contributed by atoms with E-state index in [1.54, 1.807) is 0 Å². The number of nitriles is 1. The molecule has 4 aromatic rings. The van der Waals surface area contributed by atoms with Crippen LogP contribution in [0, 0.1) is 18.3 Å². The lowest BCUT2D eigenvalue weighted by molar-refractivity contribution is 0.306. The summed E-state index contributed by atoms with van der Waals surface area (Å²) in [6, 6.07) is 28.3. The lowest BCUT2D eigenvalue weighted by Crippen LogP contribution is -1.94. The summed E-state index contributed by atoms with van der Waals surface area (Å²) in [4.78, 5) is 4.66. The molecule has 3 nitrogen and oxygen atoms in total. The Morgan fingerprint density at radius 3 is 2.43 bits per heavy atom. The van der Waals surface area contributed by atoms with Crippen LogP contribution in [0.1, 0.15) is 21.7 Å². The molecule has 0 amide bonds. The monoisotopic (exact) mass is 408 g/mol. The molecule has 30 heavy (non-hydrogen) atoms. The maximum Gasteiger partial charge on any atom is 0.134 e. The van der Waals surface area contributed by atoms with Crippen LogP contribution in [-0.4, -0.2) is 4.98 Å². The van der Waals surface area contributed by atoms with E-state index in [0.717, 1.165) is 33.1 Å². The minimum atomic E-state index is 0.528. The number of aromatic nitrogens is 1. The maximum absolute atomic E-state index is 9.65. The van der Waals surface area contributed by atoms with Crippen molar-refractivity contribution in [3.8, 4) is 23.1 Å². The van der Waals surface area contributed by atoms with Gasteiger partial charge in [-0.05, 0) is 36.3 Å². The molecule has 0 radical (unpaired) electrons. The summed E-state index contributed by atoms with van der Waals surface area (Å²) in [6.07, 6.45) is 1.86. The Kier molecular flexibility index (Phi) is 6.03. The van der Waals surface area contributed by atoms with Gasteiger partial charge in [0.2, 0.25) is 0 Å². The Bertz CT molecular complexity index is 1180. The van der Waals surface area contributed by atoms with Gasteiger partial charge in [0.05, 0.1) is 11.3 Å². The third-order valence-corrected chi connectivity index (χ3v) is 5.52. The number of allylic oxidation sites excluding steroid dienone is 1. The zero-order valence-corrected chi connectivity index (χ0v) is 17.4. The molecule has 146 valence electrons. The van der Waals surface area contributed by atoms with Crippen LogP contribution in [0.2, 0.25) is 0 Å². The molecule has 0 bridgehead atoms. The van der Waals surface area contributed by atoms with Crippen molar-refractivity contribution in [1.29, 1.82) is 5.26 Å². The number of hydrogen-bond acceptors (Lipinski definition) is 4. The zero-order valence-electron chi connectivity index (χ0n) is 16.6. The van der Waals surface area contributed by atoms with Crippen LogP contribution in [0.3, 0.4) is 0 Å². The summed E-state index contributed by atoms with van der Waals surface area (Å²) in [7, 11) is 0. The first-order valence-corrected chi connectivity index (χ1v) is 10.5. The van der Waals surface area contributed by atoms with Gasteiger partial charge < -0.3 is 4.74 Å². The zero-order chi connectivity index (χ0) is 20.8. The molecule has 0 atom stereocenters. The smallest absolute Gasteiger partial charge is 0.134 e. The second-order valence-electron chi connectivity index (χ2n) is 6.92. The predicted molar refractivity (Wildman–Crippen MR) is 123 cm³/mol. The first kappa shape index (κ1) is 19.6. The molecule has 0 unspecified atom stereocenters. The number of thiazole rings is 1. The van der Waals surface area contributed by atoms with Crippen molar-refractivity contribution < 1.29 is 4.74 Å². The van der Waals surface area contributed by atoms with Crippen LogP contribution in [0.4, 0.5) is 0 Å². The lowest BCUT2D eigenvalue weighted by atomic mass is 10.1. The summed E-state index contributed by atoms with van der Waals surface area (Å²) in [5.74, 6) is 0.797. The van der Waals surface area contributed by atoms with Crippen molar-refractivity contribution in [2.45, 2.75) is 13.5 Å². The number of rotatable bonds is 6. The second kappa shape index (κ2) is 9.21. The Balaban J connectivity index is 1.47. The van der Waals surface area contributed by atoms with Crippen molar-refractivity contribution in [2.24, 2.45) is 0 Å². The maximum atomic E-state index is 9.65. The van der Waals surface area contributed by atoms with Gasteiger partial charge in [-0.1, -0.05) is 72.3 Å². The summed E-state index contributed by atoms with van der Waals surface area (Å²) in [5, 5.41) is 12.4. The molecular weight excluding hydrogens is 388 g/mol. The average molecular weight is 409 g/mol. The first-order chi connectivity index (χ1) is 14.7. The van der Waals surface area contributed by atoms with Crippen LogP contribution in [0.15, 0.2) is 84.2 Å². The van der Waals surface area contributed by atoms with Gasteiger partial charge in [0.1, 0.15) is 23.4 Å². The van der Waals surface area contributed by atoms with E-state index >= 15 is 0 Å². The van der Waals surface area contributed by atoms with E-state index in [9.17, 15) is 5.26 Å². The van der Waals surface area contributed by atoms with E-state index in [4.69, 9.17) is 4.74 Å². The van der Waals surface area contributed by atoms with Crippen molar-refractivity contribution in [1.82, 2.24) is 4.98 Å². The highest BCUT2D eigenvalue weighted by Gasteiger charge is 2.09. The van der Waals surface area contributed by atoms with Gasteiger partial charge in [-0.15, -0.1) is 11.3 Å². The molecule has 0 aliphatic heterocycles. The molecule has 0 fully saturated rings. The van der Waals surface area contributed by atoms with Crippen molar-refractivity contribution >= 4 is 23.0 Å². The van der Waals surface area contributed by atoms with Crippen LogP contribution in [-0.2, 0) is 6.61 Å². The Morgan fingerprint density at radius 1 is 1.00 bits per heavy atom. The predicted octanol–water partition coefficient (Wildman–Crippen LogP) is 6.76. The number of hydrogen-bond donors (Lipinski definition) is 0. The van der Waals surface area contributed by atoms with Gasteiger partial charge in [-0.2, -0.15) is 5.26 Å². The number of nitrogens with zero attached hydrogens (tertiary/aromatic N) is 2. The van der Waals surface area contributed by atoms with Crippen molar-refractivity contribution in [3.05, 3.63) is 106 Å². The minimum Gasteiger partial charge on any atom is -0.489 e. The molecule has 0 saturated carbocycles. The third-order valence-electron chi connectivity index (χ3n) is 4.64. The largest absolute Gasteiger partial charge is 0.489 e. The Labute approximate surface area is 180 Å². The van der Waals surface area contributed by atoms with E-state index in [2.05, 4.69) is 42.2 Å². The van der Waals surface area contributed by atoms with Gasteiger partial charge in [0, 0.05) is 10.9 Å². The normalized spacial score (nSPS) is 11.1. The molecule has 0 aliphatic carbocycles. The fourth-order valence-electron chi connectivity index (χ4n) is 2.96. The molecule has 0 spiro atoms. The third kappa shape index (κ3) is 4.83. The number of ether oxygens (including phenoxy) is 1. The molecule has 0 saturated heterocycles. The Morgan fingerprint density at radius 2 is 1.73 bits per heavy atom. The topological polar surface area (TPSA) is 45.9 Å². The van der Waals surface area contributed by atoms with E-state index in [-0.39, 0.29) is 0 Å². The van der Waals surface area contributed by atoms with E-state index in [1.807, 2.05) is 66.1 Å². The standard InChI is InChI=1S/C26H20N2OS/c1-19-7-11-22(12-8-19)25-18-30-26(28-25)23(16-27)15-20-9-13-24(14-10-20)29-17-21-5-3-2-4-6-21/h2-15,18H,17H2,1H3/b23-15-. The van der Waals surface area contributed by atoms with Gasteiger partial charge in [0.25, 0.3) is 0 Å². The molecule has 3 aromatic carbocycles. The molecule has 0 N–H and O–H groups in total. The van der Waals surface area contributed by atoms with Crippen LogP contribution in [0.25, 0.3) is 22.9 Å². The second-order valence-corrected chi connectivity index (χ2v) is 7.78. The molecular formula is C26H20N2OS. The highest BCUT2D eigenvalue weighted by Crippen LogP contribution is 2.27. The SMILES string of the molecule is Cc1ccc(-c2csc(/C(C#N)=C\c3ccc(OCc4ccccc4)cc3)n2)cc1. The quantitative estimate of drug-likeness (QED) is 0.331. The first-order valence-electron chi connectivity index (χ1n) is 9.63. The minimum absolute atomic E-state index is 0.528. The fraction of sp³-hybridized carbons (Fsp3) is 0.0769. The van der Waals surface area contributed by atoms with E-state index in [1.165, 1.54) is 16.9 Å². The fourth-order valence-corrected chi connectivity index (χ4v) is 3.76. The highest BCUT2D eigenvalue weighted by molar-refractivity contribution is 7.11. The summed E-state index contributed by atoms with van der Waals surface area (Å²) in [5.41, 5.74) is 5.77. The Hall–Kier alpha value is -3.68. The summed E-state index contributed by atoms with van der Waals surface area (Å²) in [6.45, 7) is 2.59. The van der Waals surface area contributed by atoms with Crippen LogP contribution in [0.5, 0.6) is 5.75 Å². The molecule has 0 aliphatic rings.